The van der Waals surface area contributed by atoms with Gasteiger partial charge in [0.05, 0.1) is 5.69 Å². The zero-order valence-electron chi connectivity index (χ0n) is 9.08. The van der Waals surface area contributed by atoms with E-state index in [-0.39, 0.29) is 16.8 Å². The molecular weight excluding hydrogens is 243 g/mol. The summed E-state index contributed by atoms with van der Waals surface area (Å²) < 4.78 is 38.6. The Bertz CT molecular complexity index is 572. The van der Waals surface area contributed by atoms with E-state index in [1.54, 1.807) is 0 Å². The Balaban J connectivity index is 2.41. The Morgan fingerprint density at radius 2 is 1.39 bits per heavy atom. The third-order valence-corrected chi connectivity index (χ3v) is 2.44. The fraction of sp³-hybridized carbons (Fsp3) is 0. The van der Waals surface area contributed by atoms with Gasteiger partial charge in [0.2, 0.25) is 0 Å². The number of benzene rings is 2. The maximum Gasteiger partial charge on any atom is 0.193 e. The van der Waals surface area contributed by atoms with E-state index in [2.05, 4.69) is 0 Å². The molecule has 0 atom stereocenters. The molecule has 0 spiro atoms. The molecule has 0 bridgehead atoms. The highest BCUT2D eigenvalue weighted by atomic mass is 19.2. The number of anilines is 1. The molecule has 0 heterocycles. The number of halogens is 3. The minimum atomic E-state index is -1.11. The third-order valence-electron chi connectivity index (χ3n) is 2.44. The summed E-state index contributed by atoms with van der Waals surface area (Å²) in [6.45, 7) is 0. The molecule has 0 radical (unpaired) electrons. The molecule has 5 heteroatoms. The summed E-state index contributed by atoms with van der Waals surface area (Å²) in [5.41, 5.74) is 5.24. The van der Waals surface area contributed by atoms with Crippen molar-refractivity contribution in [3.05, 3.63) is 65.0 Å². The maximum absolute atomic E-state index is 13.0. The van der Waals surface area contributed by atoms with Crippen LogP contribution in [0.3, 0.4) is 0 Å². The molecule has 2 nitrogen and oxygen atoms in total. The molecule has 0 unspecified atom stereocenters. The molecule has 0 aliphatic carbocycles. The first kappa shape index (κ1) is 12.2. The summed E-state index contributed by atoms with van der Waals surface area (Å²) in [6.07, 6.45) is 0. The average Bonchev–Trinajstić information content (AvgIpc) is 2.35. The Labute approximate surface area is 101 Å². The maximum atomic E-state index is 13.0. The monoisotopic (exact) mass is 251 g/mol. The van der Waals surface area contributed by atoms with Crippen molar-refractivity contribution in [3.63, 3.8) is 0 Å². The lowest BCUT2D eigenvalue weighted by Gasteiger charge is -2.03. The van der Waals surface area contributed by atoms with Crippen molar-refractivity contribution in [1.82, 2.24) is 0 Å². The van der Waals surface area contributed by atoms with Gasteiger partial charge < -0.3 is 5.73 Å². The third kappa shape index (κ3) is 2.20. The molecule has 18 heavy (non-hydrogen) atoms. The number of nitrogen functional groups attached to an aromatic ring is 1. The first-order chi connectivity index (χ1) is 8.49. The molecular formula is C13H8F3NO. The lowest BCUT2D eigenvalue weighted by Crippen LogP contribution is -2.04. The van der Waals surface area contributed by atoms with Gasteiger partial charge in [0, 0.05) is 11.1 Å². The van der Waals surface area contributed by atoms with Gasteiger partial charge in [-0.25, -0.2) is 13.2 Å². The molecule has 0 aliphatic rings. The second-order valence-electron chi connectivity index (χ2n) is 3.69. The molecule has 0 amide bonds. The zero-order chi connectivity index (χ0) is 13.3. The van der Waals surface area contributed by atoms with Crippen LogP contribution in [0.25, 0.3) is 0 Å². The van der Waals surface area contributed by atoms with Crippen molar-refractivity contribution in [2.24, 2.45) is 0 Å². The largest absolute Gasteiger partial charge is 0.396 e. The number of carbonyl (C=O) groups is 1. The molecule has 0 aliphatic heterocycles. The summed E-state index contributed by atoms with van der Waals surface area (Å²) in [4.78, 5) is 11.9. The number of hydrogen-bond acceptors (Lipinski definition) is 2. The van der Waals surface area contributed by atoms with E-state index in [4.69, 9.17) is 5.73 Å². The Hall–Kier alpha value is -2.30. The van der Waals surface area contributed by atoms with Crippen molar-refractivity contribution in [1.29, 1.82) is 0 Å². The molecule has 2 aromatic carbocycles. The molecule has 92 valence electrons. The normalized spacial score (nSPS) is 10.4. The standard InChI is InChI=1S/C13H8F3NO/c14-9-3-1-7(5-11(9)16)13(18)8-2-4-10(15)12(17)6-8/h1-6H,17H2. The number of rotatable bonds is 2. The highest BCUT2D eigenvalue weighted by Crippen LogP contribution is 2.17. The number of carbonyl (C=O) groups excluding carboxylic acids is 1. The summed E-state index contributed by atoms with van der Waals surface area (Å²) in [5, 5.41) is 0. The van der Waals surface area contributed by atoms with Crippen LogP contribution in [-0.4, -0.2) is 5.78 Å². The van der Waals surface area contributed by atoms with Crippen LogP contribution in [0.15, 0.2) is 36.4 Å². The summed E-state index contributed by atoms with van der Waals surface area (Å²) in [5.74, 6) is -3.35. The van der Waals surface area contributed by atoms with Crippen LogP contribution in [0, 0.1) is 17.5 Å². The summed E-state index contributed by atoms with van der Waals surface area (Å²) >= 11 is 0. The van der Waals surface area contributed by atoms with Gasteiger partial charge in [0.1, 0.15) is 5.82 Å². The number of ketones is 1. The van der Waals surface area contributed by atoms with Crippen LogP contribution in [0.4, 0.5) is 18.9 Å². The second kappa shape index (κ2) is 4.52. The smallest absolute Gasteiger partial charge is 0.193 e. The van der Waals surface area contributed by atoms with Crippen molar-refractivity contribution in [2.75, 3.05) is 5.73 Å². The van der Waals surface area contributed by atoms with Crippen LogP contribution in [-0.2, 0) is 0 Å². The lowest BCUT2D eigenvalue weighted by molar-refractivity contribution is 0.103. The van der Waals surface area contributed by atoms with Crippen molar-refractivity contribution >= 4 is 11.5 Å². The van der Waals surface area contributed by atoms with E-state index >= 15 is 0 Å². The van der Waals surface area contributed by atoms with Crippen molar-refractivity contribution in [3.8, 4) is 0 Å². The predicted octanol–water partition coefficient (Wildman–Crippen LogP) is 2.92. The Morgan fingerprint density at radius 1 is 0.833 bits per heavy atom. The first-order valence-corrected chi connectivity index (χ1v) is 5.04. The van der Waals surface area contributed by atoms with Gasteiger partial charge in [-0.1, -0.05) is 0 Å². The van der Waals surface area contributed by atoms with Crippen molar-refractivity contribution in [2.45, 2.75) is 0 Å². The fourth-order valence-electron chi connectivity index (χ4n) is 1.49. The van der Waals surface area contributed by atoms with Crippen LogP contribution >= 0.6 is 0 Å². The van der Waals surface area contributed by atoms with Gasteiger partial charge in [0.25, 0.3) is 0 Å². The Kier molecular flexibility index (Phi) is 3.06. The van der Waals surface area contributed by atoms with E-state index in [0.29, 0.717) is 0 Å². The van der Waals surface area contributed by atoms with Gasteiger partial charge in [-0.3, -0.25) is 4.79 Å². The highest BCUT2D eigenvalue weighted by Gasteiger charge is 2.13. The van der Waals surface area contributed by atoms with E-state index in [1.165, 1.54) is 6.07 Å². The van der Waals surface area contributed by atoms with Crippen LogP contribution in [0.5, 0.6) is 0 Å². The SMILES string of the molecule is Nc1cc(C(=O)c2ccc(F)c(F)c2)ccc1F. The second-order valence-corrected chi connectivity index (χ2v) is 3.69. The van der Waals surface area contributed by atoms with E-state index in [9.17, 15) is 18.0 Å². The average molecular weight is 251 g/mol. The minimum Gasteiger partial charge on any atom is -0.396 e. The molecule has 2 rings (SSSR count). The number of nitrogens with two attached hydrogens (primary N) is 1. The van der Waals surface area contributed by atoms with Gasteiger partial charge in [-0.15, -0.1) is 0 Å². The molecule has 0 saturated carbocycles. The highest BCUT2D eigenvalue weighted by molar-refractivity contribution is 6.09. The molecule has 0 saturated heterocycles. The number of hydrogen-bond donors (Lipinski definition) is 1. The fourth-order valence-corrected chi connectivity index (χ4v) is 1.49. The molecule has 2 aromatic rings. The topological polar surface area (TPSA) is 43.1 Å². The quantitative estimate of drug-likeness (QED) is 0.658. The van der Waals surface area contributed by atoms with Gasteiger partial charge >= 0.3 is 0 Å². The van der Waals surface area contributed by atoms with Gasteiger partial charge in [-0.05, 0) is 36.4 Å². The summed E-state index contributed by atoms with van der Waals surface area (Å²) in [7, 11) is 0. The predicted molar refractivity (Wildman–Crippen MR) is 60.6 cm³/mol. The van der Waals surface area contributed by atoms with Crippen LogP contribution in [0.1, 0.15) is 15.9 Å². The van der Waals surface area contributed by atoms with Crippen LogP contribution < -0.4 is 5.73 Å². The lowest BCUT2D eigenvalue weighted by atomic mass is 10.0. The summed E-state index contributed by atoms with van der Waals surface area (Å²) in [6, 6.07) is 6.23. The molecule has 2 N–H and O–H groups in total. The zero-order valence-corrected chi connectivity index (χ0v) is 9.08. The van der Waals surface area contributed by atoms with E-state index in [1.807, 2.05) is 0 Å². The van der Waals surface area contributed by atoms with Gasteiger partial charge in [-0.2, -0.15) is 0 Å². The van der Waals surface area contributed by atoms with E-state index in [0.717, 1.165) is 30.3 Å². The molecule has 0 aromatic heterocycles. The minimum absolute atomic E-state index is 0.0279. The van der Waals surface area contributed by atoms with E-state index < -0.39 is 23.2 Å². The first-order valence-electron chi connectivity index (χ1n) is 5.04. The van der Waals surface area contributed by atoms with Gasteiger partial charge in [0.15, 0.2) is 17.4 Å². The molecule has 0 fully saturated rings. The Morgan fingerprint density at radius 3 is 1.94 bits per heavy atom. The van der Waals surface area contributed by atoms with Crippen molar-refractivity contribution < 1.29 is 18.0 Å². The van der Waals surface area contributed by atoms with Crippen LogP contribution in [0.2, 0.25) is 0 Å².